The minimum absolute atomic E-state index is 0.146. The van der Waals surface area contributed by atoms with Crippen molar-refractivity contribution >= 4 is 21.7 Å². The van der Waals surface area contributed by atoms with Crippen LogP contribution in [0, 0.1) is 5.82 Å². The summed E-state index contributed by atoms with van der Waals surface area (Å²) in [7, 11) is -1.46. The summed E-state index contributed by atoms with van der Waals surface area (Å²) in [6.07, 6.45) is 0.896. The van der Waals surface area contributed by atoms with Gasteiger partial charge in [-0.1, -0.05) is 6.07 Å². The van der Waals surface area contributed by atoms with Crippen molar-refractivity contribution in [2.24, 2.45) is 7.05 Å². The molecule has 2 N–H and O–H groups in total. The van der Waals surface area contributed by atoms with Gasteiger partial charge in [0.2, 0.25) is 15.8 Å². The summed E-state index contributed by atoms with van der Waals surface area (Å²) in [4.78, 5) is 26.8. The Labute approximate surface area is 141 Å². The van der Waals surface area contributed by atoms with Crippen LogP contribution < -0.4 is 9.86 Å². The Kier molecular flexibility index (Phi) is 4.53. The third kappa shape index (κ3) is 3.18. The lowest BCUT2D eigenvalue weighted by Gasteiger charge is -2.21. The number of hydrogen-bond donors (Lipinski definition) is 2. The van der Waals surface area contributed by atoms with Crippen LogP contribution >= 0.6 is 0 Å². The average Bonchev–Trinajstić information content (AvgIpc) is 2.51. The lowest BCUT2D eigenvalue weighted by atomic mass is 10.1. The minimum atomic E-state index is -3.77. The number of rotatable bonds is 4. The Morgan fingerprint density at radius 2 is 1.96 bits per heavy atom. The molecule has 0 bridgehead atoms. The highest BCUT2D eigenvalue weighted by atomic mass is 32.2. The maximum atomic E-state index is 14.4. The Bertz CT molecular complexity index is 1030. The monoisotopic (exact) mass is 371 g/mol. The van der Waals surface area contributed by atoms with Crippen LogP contribution in [0.4, 0.5) is 10.1 Å². The van der Waals surface area contributed by atoms with Gasteiger partial charge in [-0.2, -0.15) is 0 Å². The number of carbonyl (C=O) groups is 1. The first kappa shape index (κ1) is 18.4. The largest absolute Gasteiger partial charge is 0.501 e. The molecule has 134 valence electrons. The summed E-state index contributed by atoms with van der Waals surface area (Å²) in [5, 5.41) is 18.7. The van der Waals surface area contributed by atoms with Crippen LogP contribution in [0.3, 0.4) is 0 Å². The summed E-state index contributed by atoms with van der Waals surface area (Å²) in [6, 6.07) is 3.54. The Hall–Kier alpha value is -2.95. The van der Waals surface area contributed by atoms with Crippen molar-refractivity contribution in [1.29, 1.82) is 0 Å². The number of aromatic hydroxyl groups is 1. The van der Waals surface area contributed by atoms with Crippen LogP contribution in [0.15, 0.2) is 23.0 Å². The van der Waals surface area contributed by atoms with Crippen molar-refractivity contribution < 1.29 is 27.8 Å². The fourth-order valence-corrected chi connectivity index (χ4v) is 2.65. The maximum Gasteiger partial charge on any atom is 0.358 e. The quantitative estimate of drug-likeness (QED) is 0.795. The topological polar surface area (TPSA) is 130 Å². The average molecular weight is 371 g/mol. The van der Waals surface area contributed by atoms with Crippen molar-refractivity contribution in [3.63, 3.8) is 0 Å². The Morgan fingerprint density at radius 1 is 1.36 bits per heavy atom. The normalized spacial score (nSPS) is 11.4. The molecule has 0 fully saturated rings. The van der Waals surface area contributed by atoms with Gasteiger partial charge in [0.05, 0.1) is 17.5 Å². The van der Waals surface area contributed by atoms with E-state index in [0.29, 0.717) is 0 Å². The lowest BCUT2D eigenvalue weighted by molar-refractivity contribution is 0.0686. The zero-order valence-corrected chi connectivity index (χ0v) is 14.2. The highest BCUT2D eigenvalue weighted by Gasteiger charge is 2.26. The van der Waals surface area contributed by atoms with E-state index >= 15 is 0 Å². The zero-order chi connectivity index (χ0) is 19.1. The van der Waals surface area contributed by atoms with Crippen molar-refractivity contribution in [3.05, 3.63) is 40.1 Å². The van der Waals surface area contributed by atoms with E-state index in [1.165, 1.54) is 19.2 Å². The summed E-state index contributed by atoms with van der Waals surface area (Å²) >= 11 is 0. The smallest absolute Gasteiger partial charge is 0.358 e. The molecule has 11 heteroatoms. The molecule has 0 spiro atoms. The van der Waals surface area contributed by atoms with Gasteiger partial charge < -0.3 is 10.2 Å². The first-order chi connectivity index (χ1) is 11.5. The minimum Gasteiger partial charge on any atom is -0.501 e. The molecule has 1 heterocycles. The van der Waals surface area contributed by atoms with Crippen LogP contribution in [-0.4, -0.2) is 47.5 Å². The van der Waals surface area contributed by atoms with E-state index in [-0.39, 0.29) is 5.69 Å². The van der Waals surface area contributed by atoms with E-state index in [1.807, 2.05) is 0 Å². The molecule has 2 aromatic rings. The predicted octanol–water partition coefficient (Wildman–Crippen LogP) is 0.386. The van der Waals surface area contributed by atoms with E-state index < -0.39 is 50.2 Å². The fourth-order valence-electron chi connectivity index (χ4n) is 2.14. The highest BCUT2D eigenvalue weighted by Crippen LogP contribution is 2.33. The Morgan fingerprint density at radius 3 is 2.48 bits per heavy atom. The van der Waals surface area contributed by atoms with E-state index in [9.17, 15) is 27.5 Å². The van der Waals surface area contributed by atoms with Crippen LogP contribution in [0.1, 0.15) is 10.5 Å². The van der Waals surface area contributed by atoms with E-state index in [2.05, 4.69) is 4.98 Å². The summed E-state index contributed by atoms with van der Waals surface area (Å²) < 4.78 is 39.5. The predicted molar refractivity (Wildman–Crippen MR) is 86.7 cm³/mol. The molecule has 0 atom stereocenters. The second-order valence-electron chi connectivity index (χ2n) is 5.17. The number of carboxylic acids is 1. The fraction of sp³-hybridized carbons (Fsp3) is 0.214. The SMILES string of the molecule is CN(c1cccc(F)c1-c1nc(C(=O)O)c(O)c(=O)n1C)S(C)(=O)=O. The number of aromatic nitrogens is 2. The van der Waals surface area contributed by atoms with Gasteiger partial charge in [-0.3, -0.25) is 13.7 Å². The Balaban J connectivity index is 2.94. The maximum absolute atomic E-state index is 14.4. The van der Waals surface area contributed by atoms with Crippen molar-refractivity contribution in [2.45, 2.75) is 0 Å². The highest BCUT2D eigenvalue weighted by molar-refractivity contribution is 7.92. The van der Waals surface area contributed by atoms with Crippen LogP contribution in [0.2, 0.25) is 0 Å². The molecule has 0 saturated heterocycles. The number of halogens is 1. The number of sulfonamides is 1. The van der Waals surface area contributed by atoms with Crippen LogP contribution in [0.5, 0.6) is 5.75 Å². The second-order valence-corrected chi connectivity index (χ2v) is 7.18. The van der Waals surface area contributed by atoms with Gasteiger partial charge in [0.15, 0.2) is 5.69 Å². The van der Waals surface area contributed by atoms with E-state index in [0.717, 1.165) is 28.2 Å². The first-order valence-electron chi connectivity index (χ1n) is 6.73. The lowest BCUT2D eigenvalue weighted by Crippen LogP contribution is -2.27. The molecule has 0 aliphatic carbocycles. The van der Waals surface area contributed by atoms with Crippen LogP contribution in [-0.2, 0) is 17.1 Å². The van der Waals surface area contributed by atoms with Gasteiger partial charge in [-0.15, -0.1) is 0 Å². The van der Waals surface area contributed by atoms with Gasteiger partial charge in [0.25, 0.3) is 5.56 Å². The number of anilines is 1. The molecular weight excluding hydrogens is 357 g/mol. The zero-order valence-electron chi connectivity index (χ0n) is 13.4. The van der Waals surface area contributed by atoms with Crippen molar-refractivity contribution in [1.82, 2.24) is 9.55 Å². The van der Waals surface area contributed by atoms with Gasteiger partial charge in [0.1, 0.15) is 11.6 Å². The molecule has 0 aliphatic rings. The molecule has 25 heavy (non-hydrogen) atoms. The summed E-state index contributed by atoms with van der Waals surface area (Å²) in [5.74, 6) is -4.15. The molecule has 1 aromatic heterocycles. The van der Waals surface area contributed by atoms with E-state index in [4.69, 9.17) is 5.11 Å². The standard InChI is InChI=1S/C14H14FN3O6S/c1-17-12(16-10(14(21)22)11(19)13(17)20)9-7(15)5-4-6-8(9)18(2)25(3,23)24/h4-6,19H,1-3H3,(H,21,22). The molecule has 9 nitrogen and oxygen atoms in total. The third-order valence-corrected chi connectivity index (χ3v) is 4.71. The van der Waals surface area contributed by atoms with Crippen LogP contribution in [0.25, 0.3) is 11.4 Å². The summed E-state index contributed by atoms with van der Waals surface area (Å²) in [6.45, 7) is 0. The number of hydrogen-bond acceptors (Lipinski definition) is 6. The van der Waals surface area contributed by atoms with E-state index in [1.54, 1.807) is 0 Å². The second kappa shape index (κ2) is 6.16. The molecule has 0 saturated carbocycles. The number of benzene rings is 1. The number of nitrogens with zero attached hydrogens (tertiary/aromatic N) is 3. The number of carboxylic acid groups (broad SMARTS) is 1. The van der Waals surface area contributed by atoms with Crippen molar-refractivity contribution in [2.75, 3.05) is 17.6 Å². The summed E-state index contributed by atoms with van der Waals surface area (Å²) in [5.41, 5.74) is -2.61. The molecule has 1 aromatic carbocycles. The van der Waals surface area contributed by atoms with Gasteiger partial charge >= 0.3 is 5.97 Å². The molecule has 0 amide bonds. The molecular formula is C14H14FN3O6S. The van der Waals surface area contributed by atoms with Crippen molar-refractivity contribution in [3.8, 4) is 17.1 Å². The third-order valence-electron chi connectivity index (χ3n) is 3.52. The van der Waals surface area contributed by atoms with Gasteiger partial charge in [0, 0.05) is 14.1 Å². The molecule has 2 rings (SSSR count). The van der Waals surface area contributed by atoms with Gasteiger partial charge in [-0.25, -0.2) is 22.6 Å². The number of aromatic carboxylic acids is 1. The first-order valence-corrected chi connectivity index (χ1v) is 8.57. The molecule has 0 unspecified atom stereocenters. The van der Waals surface area contributed by atoms with Gasteiger partial charge in [-0.05, 0) is 12.1 Å². The molecule has 0 radical (unpaired) electrons. The molecule has 0 aliphatic heterocycles.